The molecule has 3 N–H and O–H groups in total. The van der Waals surface area contributed by atoms with Crippen molar-refractivity contribution in [1.82, 2.24) is 0 Å². The van der Waals surface area contributed by atoms with Crippen LogP contribution in [0.5, 0.6) is 5.75 Å². The summed E-state index contributed by atoms with van der Waals surface area (Å²) in [5, 5.41) is 21.6. The Bertz CT molecular complexity index is 1690. The van der Waals surface area contributed by atoms with Crippen molar-refractivity contribution in [2.75, 3.05) is 4.72 Å². The molecule has 4 aromatic carbocycles. The second-order valence-corrected chi connectivity index (χ2v) is 12.9. The lowest BCUT2D eigenvalue weighted by Gasteiger charge is -2.39. The van der Waals surface area contributed by atoms with Gasteiger partial charge in [-0.1, -0.05) is 91.9 Å². The van der Waals surface area contributed by atoms with Crippen LogP contribution in [0.15, 0.2) is 125 Å². The Labute approximate surface area is 258 Å². The van der Waals surface area contributed by atoms with Crippen molar-refractivity contribution in [3.63, 3.8) is 0 Å². The van der Waals surface area contributed by atoms with Crippen LogP contribution in [0.4, 0.5) is 5.69 Å². The Balaban J connectivity index is 1.41. The molecule has 0 saturated heterocycles. The van der Waals surface area contributed by atoms with E-state index in [1.54, 1.807) is 30.3 Å². The van der Waals surface area contributed by atoms with Crippen molar-refractivity contribution >= 4 is 21.7 Å². The second kappa shape index (κ2) is 13.4. The van der Waals surface area contributed by atoms with E-state index < -0.39 is 27.5 Å². The van der Waals surface area contributed by atoms with Gasteiger partial charge in [-0.05, 0) is 73.1 Å². The highest BCUT2D eigenvalue weighted by molar-refractivity contribution is 7.92. The molecule has 228 valence electrons. The SMILES string of the molecule is CCC(C1=C(O)CC(CCc2ccccc2)(CCc2ccccc2)OC1=O)c1cccc(NS(=O)(=O)c2ccccc2O)c1. The first-order chi connectivity index (χ1) is 21.2. The molecule has 0 fully saturated rings. The molecule has 0 aliphatic carbocycles. The molecule has 1 atom stereocenters. The van der Waals surface area contributed by atoms with Crippen LogP contribution in [0.1, 0.15) is 55.2 Å². The minimum atomic E-state index is -4.07. The number of rotatable bonds is 12. The lowest BCUT2D eigenvalue weighted by Crippen LogP contribution is -2.42. The number of esters is 1. The van der Waals surface area contributed by atoms with E-state index in [4.69, 9.17) is 4.74 Å². The average Bonchev–Trinajstić information content (AvgIpc) is 3.02. The third-order valence-electron chi connectivity index (χ3n) is 8.21. The van der Waals surface area contributed by atoms with Crippen LogP contribution in [0.3, 0.4) is 0 Å². The van der Waals surface area contributed by atoms with Crippen LogP contribution in [-0.4, -0.2) is 30.2 Å². The number of sulfonamides is 1. The fourth-order valence-corrected chi connectivity index (χ4v) is 7.06. The Morgan fingerprint density at radius 3 is 1.98 bits per heavy atom. The summed E-state index contributed by atoms with van der Waals surface area (Å²) in [5.41, 5.74) is 2.52. The van der Waals surface area contributed by atoms with Crippen molar-refractivity contribution in [3.8, 4) is 5.75 Å². The topological polar surface area (TPSA) is 113 Å². The third-order valence-corrected chi connectivity index (χ3v) is 9.64. The summed E-state index contributed by atoms with van der Waals surface area (Å²) in [5.74, 6) is -1.42. The highest BCUT2D eigenvalue weighted by atomic mass is 32.2. The van der Waals surface area contributed by atoms with Gasteiger partial charge < -0.3 is 14.9 Å². The maximum atomic E-state index is 13.8. The quantitative estimate of drug-likeness (QED) is 0.143. The van der Waals surface area contributed by atoms with Crippen LogP contribution in [-0.2, 0) is 32.4 Å². The molecule has 8 heteroatoms. The van der Waals surface area contributed by atoms with E-state index in [1.807, 2.05) is 67.6 Å². The second-order valence-electron chi connectivity index (χ2n) is 11.2. The summed E-state index contributed by atoms with van der Waals surface area (Å²) in [6.45, 7) is 1.91. The molecular weight excluding hydrogens is 574 g/mol. The van der Waals surface area contributed by atoms with Crippen LogP contribution in [0.25, 0.3) is 0 Å². The first-order valence-electron chi connectivity index (χ1n) is 14.8. The van der Waals surface area contributed by atoms with Gasteiger partial charge in [-0.25, -0.2) is 13.2 Å². The molecule has 1 heterocycles. The predicted octanol–water partition coefficient (Wildman–Crippen LogP) is 7.45. The maximum Gasteiger partial charge on any atom is 0.338 e. The molecule has 44 heavy (non-hydrogen) atoms. The van der Waals surface area contributed by atoms with E-state index in [9.17, 15) is 23.4 Å². The average molecular weight is 612 g/mol. The first-order valence-corrected chi connectivity index (χ1v) is 16.3. The number of aryl methyl sites for hydroxylation is 2. The van der Waals surface area contributed by atoms with Gasteiger partial charge in [0.1, 0.15) is 22.0 Å². The number of phenols is 1. The fourth-order valence-electron chi connectivity index (χ4n) is 5.91. The standard InChI is InChI=1S/C36H37NO6S/c1-2-30(28-16-11-17-29(24-28)37-44(41,42)33-19-10-9-18-31(33)38)34-32(39)25-36(43-35(34)40,22-20-26-12-5-3-6-13-26)23-21-27-14-7-4-8-15-27/h3-19,24,30,37-39H,2,20-23,25H2,1H3. The monoisotopic (exact) mass is 611 g/mol. The van der Waals surface area contributed by atoms with Crippen LogP contribution in [0, 0.1) is 0 Å². The van der Waals surface area contributed by atoms with E-state index in [1.165, 1.54) is 18.2 Å². The fraction of sp³-hybridized carbons (Fsp3) is 0.250. The largest absolute Gasteiger partial charge is 0.512 e. The molecule has 0 radical (unpaired) electrons. The minimum Gasteiger partial charge on any atom is -0.512 e. The number of anilines is 1. The molecule has 0 amide bonds. The zero-order valence-corrected chi connectivity index (χ0v) is 25.5. The van der Waals surface area contributed by atoms with Crippen LogP contribution < -0.4 is 4.72 Å². The molecule has 0 bridgehead atoms. The predicted molar refractivity (Wildman–Crippen MR) is 171 cm³/mol. The number of para-hydroxylation sites is 1. The molecule has 0 spiro atoms. The zero-order chi connectivity index (χ0) is 31.2. The lowest BCUT2D eigenvalue weighted by molar-refractivity contribution is -0.161. The molecule has 0 saturated carbocycles. The summed E-state index contributed by atoms with van der Waals surface area (Å²) in [7, 11) is -4.07. The number of ether oxygens (including phenoxy) is 1. The van der Waals surface area contributed by atoms with E-state index >= 15 is 0 Å². The van der Waals surface area contributed by atoms with Gasteiger partial charge in [0.05, 0.1) is 5.57 Å². The molecule has 1 unspecified atom stereocenters. The van der Waals surface area contributed by atoms with Crippen molar-refractivity contribution in [2.24, 2.45) is 0 Å². The summed E-state index contributed by atoms with van der Waals surface area (Å²) >= 11 is 0. The van der Waals surface area contributed by atoms with E-state index in [2.05, 4.69) is 4.72 Å². The van der Waals surface area contributed by atoms with Crippen molar-refractivity contribution in [1.29, 1.82) is 0 Å². The van der Waals surface area contributed by atoms with Gasteiger partial charge in [0.15, 0.2) is 0 Å². The normalized spacial score (nSPS) is 15.4. The van der Waals surface area contributed by atoms with E-state index in [0.29, 0.717) is 37.7 Å². The summed E-state index contributed by atoms with van der Waals surface area (Å²) < 4.78 is 34.8. The van der Waals surface area contributed by atoms with Crippen LogP contribution >= 0.6 is 0 Å². The minimum absolute atomic E-state index is 0.00872. The number of aliphatic hydroxyl groups is 1. The summed E-state index contributed by atoms with van der Waals surface area (Å²) in [4.78, 5) is 13.5. The number of benzene rings is 4. The van der Waals surface area contributed by atoms with Crippen molar-refractivity contribution < 1.29 is 28.2 Å². The zero-order valence-electron chi connectivity index (χ0n) is 24.6. The number of nitrogens with one attached hydrogen (secondary N) is 1. The number of carbonyl (C=O) groups is 1. The van der Waals surface area contributed by atoms with Gasteiger partial charge >= 0.3 is 5.97 Å². The van der Waals surface area contributed by atoms with Gasteiger partial charge in [-0.15, -0.1) is 0 Å². The third kappa shape index (κ3) is 7.14. The summed E-state index contributed by atoms with van der Waals surface area (Å²) in [6.07, 6.45) is 3.19. The van der Waals surface area contributed by atoms with Gasteiger partial charge in [-0.3, -0.25) is 4.72 Å². The number of aromatic hydroxyl groups is 1. The molecule has 5 rings (SSSR count). The molecule has 0 aromatic heterocycles. The molecule has 4 aromatic rings. The van der Waals surface area contributed by atoms with E-state index in [0.717, 1.165) is 11.1 Å². The smallest absolute Gasteiger partial charge is 0.338 e. The van der Waals surface area contributed by atoms with Crippen molar-refractivity contribution in [3.05, 3.63) is 137 Å². The van der Waals surface area contributed by atoms with E-state index in [-0.39, 0.29) is 34.1 Å². The van der Waals surface area contributed by atoms with Crippen molar-refractivity contribution in [2.45, 2.75) is 61.9 Å². The lowest BCUT2D eigenvalue weighted by atomic mass is 9.79. The molecule has 1 aliphatic rings. The van der Waals surface area contributed by atoms with Gasteiger partial charge in [0.2, 0.25) is 0 Å². The number of carbonyl (C=O) groups excluding carboxylic acids is 1. The van der Waals surface area contributed by atoms with Gasteiger partial charge in [0.25, 0.3) is 10.0 Å². The first kappa shape index (κ1) is 30.9. The molecule has 7 nitrogen and oxygen atoms in total. The molecular formula is C36H37NO6S. The highest BCUT2D eigenvalue weighted by Gasteiger charge is 2.43. The Kier molecular flexibility index (Phi) is 9.40. The number of hydrogen-bond acceptors (Lipinski definition) is 6. The Hall–Kier alpha value is -4.56. The Morgan fingerprint density at radius 1 is 0.818 bits per heavy atom. The van der Waals surface area contributed by atoms with Crippen LogP contribution in [0.2, 0.25) is 0 Å². The molecule has 1 aliphatic heterocycles. The number of phenolic OH excluding ortho intramolecular Hbond substituents is 1. The maximum absolute atomic E-state index is 13.8. The van der Waals surface area contributed by atoms with Gasteiger partial charge in [0, 0.05) is 18.0 Å². The summed E-state index contributed by atoms with van der Waals surface area (Å²) in [6, 6.07) is 32.5. The number of cyclic esters (lactones) is 1. The number of aliphatic hydroxyl groups excluding tert-OH is 1. The Morgan fingerprint density at radius 2 is 1.41 bits per heavy atom. The highest BCUT2D eigenvalue weighted by Crippen LogP contribution is 2.42. The number of hydrogen-bond donors (Lipinski definition) is 3. The van der Waals surface area contributed by atoms with Gasteiger partial charge in [-0.2, -0.15) is 0 Å².